The lowest BCUT2D eigenvalue weighted by molar-refractivity contribution is -0.0560. The second-order valence-corrected chi connectivity index (χ2v) is 4.71. The van der Waals surface area contributed by atoms with Gasteiger partial charge in [0.25, 0.3) is 0 Å². The van der Waals surface area contributed by atoms with Gasteiger partial charge in [-0.05, 0) is 22.4 Å². The number of ether oxygens (including phenoxy) is 1. The summed E-state index contributed by atoms with van der Waals surface area (Å²) in [6.07, 6.45) is 0. The molecule has 2 nitrogen and oxygen atoms in total. The average molecular weight is 205 g/mol. The van der Waals surface area contributed by atoms with Gasteiger partial charge in [0.05, 0.1) is 18.8 Å². The largest absolute Gasteiger partial charge is 0.377 e. The van der Waals surface area contributed by atoms with Gasteiger partial charge in [-0.1, -0.05) is 18.2 Å². The van der Waals surface area contributed by atoms with Gasteiger partial charge in [-0.25, -0.2) is 0 Å². The second kappa shape index (κ2) is 2.79. The fourth-order valence-corrected chi connectivity index (χ4v) is 2.91. The zero-order valence-corrected chi connectivity index (χ0v) is 8.51. The normalized spacial score (nSPS) is 19.5. The van der Waals surface area contributed by atoms with Crippen molar-refractivity contribution in [1.29, 1.82) is 0 Å². The van der Waals surface area contributed by atoms with E-state index in [0.29, 0.717) is 13.2 Å². The predicted molar refractivity (Wildman–Crippen MR) is 58.5 cm³/mol. The van der Waals surface area contributed by atoms with Gasteiger partial charge in [-0.3, -0.25) is 0 Å². The van der Waals surface area contributed by atoms with Crippen molar-refractivity contribution in [3.63, 3.8) is 0 Å². The first-order chi connectivity index (χ1) is 6.80. The van der Waals surface area contributed by atoms with E-state index in [0.717, 1.165) is 0 Å². The monoisotopic (exact) mass is 205 g/mol. The van der Waals surface area contributed by atoms with Gasteiger partial charge in [-0.2, -0.15) is 0 Å². The van der Waals surface area contributed by atoms with E-state index in [4.69, 9.17) is 10.5 Å². The molecule has 2 N–H and O–H groups in total. The Morgan fingerprint density at radius 2 is 2.07 bits per heavy atom. The van der Waals surface area contributed by atoms with Gasteiger partial charge in [0, 0.05) is 4.70 Å². The summed E-state index contributed by atoms with van der Waals surface area (Å²) in [6.45, 7) is 1.29. The number of hydrogen-bond acceptors (Lipinski definition) is 3. The van der Waals surface area contributed by atoms with E-state index in [9.17, 15) is 0 Å². The van der Waals surface area contributed by atoms with Gasteiger partial charge in [0.15, 0.2) is 0 Å². The zero-order valence-electron chi connectivity index (χ0n) is 7.69. The molecule has 1 saturated heterocycles. The number of thiophene rings is 1. The second-order valence-electron chi connectivity index (χ2n) is 3.79. The summed E-state index contributed by atoms with van der Waals surface area (Å²) in [5.41, 5.74) is 7.22. The maximum absolute atomic E-state index is 6.22. The zero-order chi connectivity index (χ0) is 9.60. The molecule has 3 heteroatoms. The molecule has 1 aromatic carbocycles. The van der Waals surface area contributed by atoms with Crippen LogP contribution in [0.2, 0.25) is 0 Å². The van der Waals surface area contributed by atoms with Crippen LogP contribution in [-0.2, 0) is 10.3 Å². The number of fused-ring (bicyclic) bond motifs is 1. The van der Waals surface area contributed by atoms with Gasteiger partial charge in [0.2, 0.25) is 0 Å². The van der Waals surface area contributed by atoms with Gasteiger partial charge < -0.3 is 10.5 Å². The molecule has 1 aromatic heterocycles. The molecule has 1 fully saturated rings. The van der Waals surface area contributed by atoms with E-state index in [1.54, 1.807) is 11.3 Å². The van der Waals surface area contributed by atoms with Crippen LogP contribution in [0.1, 0.15) is 5.56 Å². The van der Waals surface area contributed by atoms with Gasteiger partial charge >= 0.3 is 0 Å². The fourth-order valence-electron chi connectivity index (χ4n) is 1.84. The number of rotatable bonds is 1. The Balaban J connectivity index is 2.22. The Labute approximate surface area is 86.3 Å². The molecule has 0 unspecified atom stereocenters. The Bertz CT molecular complexity index is 473. The summed E-state index contributed by atoms with van der Waals surface area (Å²) in [7, 11) is 0. The molecule has 0 atom stereocenters. The lowest BCUT2D eigenvalue weighted by Crippen LogP contribution is -2.54. The molecule has 0 saturated carbocycles. The first kappa shape index (κ1) is 8.41. The third kappa shape index (κ3) is 1.03. The van der Waals surface area contributed by atoms with Crippen molar-refractivity contribution < 1.29 is 4.74 Å². The molecule has 1 aliphatic heterocycles. The summed E-state index contributed by atoms with van der Waals surface area (Å²) in [5.74, 6) is 0. The smallest absolute Gasteiger partial charge is 0.0897 e. The number of hydrogen-bond donors (Lipinski definition) is 1. The lowest BCUT2D eigenvalue weighted by Gasteiger charge is -2.37. The molecule has 0 spiro atoms. The highest BCUT2D eigenvalue weighted by Crippen LogP contribution is 2.35. The van der Waals surface area contributed by atoms with Crippen LogP contribution in [-0.4, -0.2) is 13.2 Å². The Hall–Kier alpha value is -0.900. The van der Waals surface area contributed by atoms with E-state index in [1.165, 1.54) is 15.6 Å². The summed E-state index contributed by atoms with van der Waals surface area (Å²) < 4.78 is 6.50. The van der Waals surface area contributed by atoms with Gasteiger partial charge in [-0.15, -0.1) is 11.3 Å². The van der Waals surface area contributed by atoms with Gasteiger partial charge in [0.1, 0.15) is 0 Å². The highest BCUT2D eigenvalue weighted by Gasteiger charge is 2.37. The summed E-state index contributed by atoms with van der Waals surface area (Å²) in [4.78, 5) is 0. The standard InChI is InChI=1S/C11H11NOS/c12-11(6-13-7-11)9-5-14-10-4-2-1-3-8(9)10/h1-5H,6-7,12H2. The molecular weight excluding hydrogens is 194 g/mol. The SMILES string of the molecule is NC1(c2csc3ccccc23)COC1. The third-order valence-electron chi connectivity index (χ3n) is 2.74. The summed E-state index contributed by atoms with van der Waals surface area (Å²) in [6, 6.07) is 8.38. The highest BCUT2D eigenvalue weighted by atomic mass is 32.1. The predicted octanol–water partition coefficient (Wildman–Crippen LogP) is 2.09. The highest BCUT2D eigenvalue weighted by molar-refractivity contribution is 7.17. The molecule has 0 bridgehead atoms. The lowest BCUT2D eigenvalue weighted by atomic mass is 9.89. The number of nitrogens with two attached hydrogens (primary N) is 1. The van der Waals surface area contributed by atoms with Crippen molar-refractivity contribution in [2.24, 2.45) is 5.73 Å². The third-order valence-corrected chi connectivity index (χ3v) is 3.70. The molecule has 0 radical (unpaired) electrons. The maximum Gasteiger partial charge on any atom is 0.0897 e. The molecule has 3 rings (SSSR count). The topological polar surface area (TPSA) is 35.2 Å². The van der Waals surface area contributed by atoms with E-state index >= 15 is 0 Å². The van der Waals surface area contributed by atoms with Crippen LogP contribution in [0.5, 0.6) is 0 Å². The quantitative estimate of drug-likeness (QED) is 0.773. The molecule has 2 aromatic rings. The Morgan fingerprint density at radius 3 is 2.79 bits per heavy atom. The van der Waals surface area contributed by atoms with Crippen LogP contribution in [0.15, 0.2) is 29.6 Å². The molecule has 0 aliphatic carbocycles. The van der Waals surface area contributed by atoms with Crippen molar-refractivity contribution >= 4 is 21.4 Å². The van der Waals surface area contributed by atoms with Crippen LogP contribution < -0.4 is 5.73 Å². The first-order valence-electron chi connectivity index (χ1n) is 4.63. The Kier molecular flexibility index (Phi) is 1.68. The van der Waals surface area contributed by atoms with Crippen molar-refractivity contribution in [3.05, 3.63) is 35.2 Å². The average Bonchev–Trinajstić information content (AvgIpc) is 2.58. The van der Waals surface area contributed by atoms with Crippen LogP contribution in [0.3, 0.4) is 0 Å². The summed E-state index contributed by atoms with van der Waals surface area (Å²) in [5, 5.41) is 3.44. The van der Waals surface area contributed by atoms with E-state index in [1.807, 2.05) is 0 Å². The minimum atomic E-state index is -0.237. The van der Waals surface area contributed by atoms with Crippen molar-refractivity contribution in [1.82, 2.24) is 0 Å². The Morgan fingerprint density at radius 1 is 1.29 bits per heavy atom. The van der Waals surface area contributed by atoms with Crippen LogP contribution >= 0.6 is 11.3 Å². The number of benzene rings is 1. The van der Waals surface area contributed by atoms with E-state index < -0.39 is 0 Å². The van der Waals surface area contributed by atoms with Crippen LogP contribution in [0, 0.1) is 0 Å². The maximum atomic E-state index is 6.22. The molecule has 14 heavy (non-hydrogen) atoms. The molecular formula is C11H11NOS. The molecule has 0 amide bonds. The minimum absolute atomic E-state index is 0.237. The molecule has 1 aliphatic rings. The van der Waals surface area contributed by atoms with Crippen LogP contribution in [0.25, 0.3) is 10.1 Å². The molecule has 72 valence electrons. The van der Waals surface area contributed by atoms with Crippen molar-refractivity contribution in [2.45, 2.75) is 5.54 Å². The van der Waals surface area contributed by atoms with Crippen molar-refractivity contribution in [2.75, 3.05) is 13.2 Å². The molecule has 2 heterocycles. The van der Waals surface area contributed by atoms with Crippen LogP contribution in [0.4, 0.5) is 0 Å². The van der Waals surface area contributed by atoms with Crippen molar-refractivity contribution in [3.8, 4) is 0 Å². The minimum Gasteiger partial charge on any atom is -0.377 e. The van der Waals surface area contributed by atoms with E-state index in [-0.39, 0.29) is 5.54 Å². The van der Waals surface area contributed by atoms with E-state index in [2.05, 4.69) is 29.6 Å². The first-order valence-corrected chi connectivity index (χ1v) is 5.51. The summed E-state index contributed by atoms with van der Waals surface area (Å²) >= 11 is 1.75. The fraction of sp³-hybridized carbons (Fsp3) is 0.273.